The topological polar surface area (TPSA) is 91.4 Å². The van der Waals surface area contributed by atoms with Crippen LogP contribution in [0.25, 0.3) is 0 Å². The summed E-state index contributed by atoms with van der Waals surface area (Å²) in [6.45, 7) is 0.878. The molecule has 6 heteroatoms. The van der Waals surface area contributed by atoms with Crippen molar-refractivity contribution in [2.75, 3.05) is 6.54 Å². The van der Waals surface area contributed by atoms with Crippen LogP contribution >= 0.6 is 0 Å². The Bertz CT molecular complexity index is 754. The van der Waals surface area contributed by atoms with Crippen molar-refractivity contribution in [2.45, 2.75) is 19.1 Å². The van der Waals surface area contributed by atoms with Gasteiger partial charge in [-0.15, -0.1) is 0 Å². The van der Waals surface area contributed by atoms with Crippen molar-refractivity contribution in [3.63, 3.8) is 0 Å². The summed E-state index contributed by atoms with van der Waals surface area (Å²) in [6.07, 6.45) is 0.631. The van der Waals surface area contributed by atoms with E-state index in [1.54, 1.807) is 0 Å². The van der Waals surface area contributed by atoms with Crippen LogP contribution in [0, 0.1) is 0 Å². The van der Waals surface area contributed by atoms with Gasteiger partial charge in [-0.05, 0) is 11.1 Å². The van der Waals surface area contributed by atoms with Gasteiger partial charge in [0, 0.05) is 25.1 Å². The van der Waals surface area contributed by atoms with Gasteiger partial charge in [-0.3, -0.25) is 14.6 Å². The Morgan fingerprint density at radius 2 is 2.09 bits per heavy atom. The normalized spacial score (nSPS) is 16.8. The second-order valence-corrected chi connectivity index (χ2v) is 5.23. The molecule has 0 spiro atoms. The summed E-state index contributed by atoms with van der Waals surface area (Å²) in [5.41, 5.74) is 2.00. The van der Waals surface area contributed by atoms with Gasteiger partial charge in [0.2, 0.25) is 0 Å². The minimum Gasteiger partial charge on any atom is -0.494 e. The summed E-state index contributed by atoms with van der Waals surface area (Å²) in [4.78, 5) is 25.4. The van der Waals surface area contributed by atoms with Crippen LogP contribution in [-0.4, -0.2) is 28.6 Å². The summed E-state index contributed by atoms with van der Waals surface area (Å²) >= 11 is 0. The van der Waals surface area contributed by atoms with E-state index < -0.39 is 11.5 Å². The van der Waals surface area contributed by atoms with E-state index in [-0.39, 0.29) is 17.5 Å². The number of amides is 1. The molecule has 1 unspecified atom stereocenters. The molecule has 0 radical (unpaired) electrons. The van der Waals surface area contributed by atoms with Gasteiger partial charge in [0.25, 0.3) is 11.5 Å². The van der Waals surface area contributed by atoms with Crippen LogP contribution in [0.3, 0.4) is 0 Å². The van der Waals surface area contributed by atoms with Gasteiger partial charge >= 0.3 is 0 Å². The minimum absolute atomic E-state index is 0.102. The molecule has 1 aliphatic rings. The number of H-pyrrole nitrogens is 1. The van der Waals surface area contributed by atoms with E-state index in [0.29, 0.717) is 13.2 Å². The van der Waals surface area contributed by atoms with Gasteiger partial charge < -0.3 is 15.2 Å². The first kappa shape index (κ1) is 14.3. The zero-order chi connectivity index (χ0) is 15.5. The highest BCUT2D eigenvalue weighted by molar-refractivity contribution is 5.94. The van der Waals surface area contributed by atoms with Crippen molar-refractivity contribution in [3.05, 3.63) is 63.4 Å². The number of fused-ring (bicyclic) bond motifs is 1. The fraction of sp³-hybridized carbons (Fsp3) is 0.250. The highest BCUT2D eigenvalue weighted by atomic mass is 16.5. The number of aromatic nitrogens is 1. The lowest BCUT2D eigenvalue weighted by Gasteiger charge is -2.25. The van der Waals surface area contributed by atoms with Crippen molar-refractivity contribution in [2.24, 2.45) is 0 Å². The van der Waals surface area contributed by atoms with Crippen molar-refractivity contribution in [1.82, 2.24) is 10.3 Å². The lowest BCUT2D eigenvalue weighted by Crippen LogP contribution is -2.37. The molecule has 1 aromatic heterocycles. The predicted octanol–water partition coefficient (Wildman–Crippen LogP) is 0.952. The molecule has 1 aliphatic heterocycles. The highest BCUT2D eigenvalue weighted by Gasteiger charge is 2.19. The minimum atomic E-state index is -0.520. The maximum Gasteiger partial charge on any atom is 0.251 e. The molecule has 2 aromatic rings. The maximum absolute atomic E-state index is 12.0. The quantitative estimate of drug-likeness (QED) is 0.787. The van der Waals surface area contributed by atoms with Crippen LogP contribution < -0.4 is 10.9 Å². The van der Waals surface area contributed by atoms with Crippen LogP contribution in [0.1, 0.15) is 21.5 Å². The Kier molecular flexibility index (Phi) is 3.93. The van der Waals surface area contributed by atoms with Crippen molar-refractivity contribution in [3.8, 4) is 5.88 Å². The van der Waals surface area contributed by atoms with E-state index in [2.05, 4.69) is 16.4 Å². The number of carbonyl (C=O) groups is 1. The van der Waals surface area contributed by atoms with Crippen molar-refractivity contribution >= 4 is 5.91 Å². The molecule has 114 valence electrons. The zero-order valence-electron chi connectivity index (χ0n) is 11.8. The van der Waals surface area contributed by atoms with Crippen molar-refractivity contribution in [1.29, 1.82) is 0 Å². The standard InChI is InChI=1S/C16H16N2O4/c19-14-6-12(7-15(20)18-14)16(21)17-8-13-5-10-3-1-2-4-11(10)9-22-13/h1-4,6-7,13H,5,8-9H2,(H,17,21)(H2,18,19,20). The molecular formula is C16H16N2O4. The Labute approximate surface area is 126 Å². The number of nitrogens with one attached hydrogen (secondary N) is 2. The number of ether oxygens (including phenoxy) is 1. The second kappa shape index (κ2) is 6.03. The second-order valence-electron chi connectivity index (χ2n) is 5.23. The molecule has 22 heavy (non-hydrogen) atoms. The van der Waals surface area contributed by atoms with Gasteiger partial charge in [-0.1, -0.05) is 24.3 Å². The number of aromatic hydroxyl groups is 1. The Morgan fingerprint density at radius 1 is 1.32 bits per heavy atom. The monoisotopic (exact) mass is 300 g/mol. The molecule has 1 amide bonds. The van der Waals surface area contributed by atoms with E-state index in [4.69, 9.17) is 4.74 Å². The lowest BCUT2D eigenvalue weighted by molar-refractivity contribution is 0.0285. The smallest absolute Gasteiger partial charge is 0.251 e. The number of rotatable bonds is 3. The van der Waals surface area contributed by atoms with E-state index >= 15 is 0 Å². The zero-order valence-corrected chi connectivity index (χ0v) is 11.8. The largest absolute Gasteiger partial charge is 0.494 e. The SMILES string of the molecule is O=C(NCC1Cc2ccccc2CO1)c1cc(O)[nH]c(=O)c1. The van der Waals surface area contributed by atoms with Gasteiger partial charge in [0.1, 0.15) is 0 Å². The Balaban J connectivity index is 1.61. The molecule has 3 N–H and O–H groups in total. The fourth-order valence-electron chi connectivity index (χ4n) is 2.51. The molecule has 1 aromatic carbocycles. The average Bonchev–Trinajstić information content (AvgIpc) is 2.51. The average molecular weight is 300 g/mol. The summed E-state index contributed by atoms with van der Waals surface area (Å²) in [5.74, 6) is -0.746. The molecule has 0 aliphatic carbocycles. The molecule has 1 atom stereocenters. The molecular weight excluding hydrogens is 284 g/mol. The first-order valence-electron chi connectivity index (χ1n) is 7.02. The van der Waals surface area contributed by atoms with Crippen molar-refractivity contribution < 1.29 is 14.6 Å². The van der Waals surface area contributed by atoms with Gasteiger partial charge in [-0.2, -0.15) is 0 Å². The van der Waals surface area contributed by atoms with Crippen LogP contribution in [0.4, 0.5) is 0 Å². The predicted molar refractivity (Wildman–Crippen MR) is 79.8 cm³/mol. The summed E-state index contributed by atoms with van der Waals surface area (Å²) in [5, 5.41) is 12.0. The number of pyridine rings is 1. The van der Waals surface area contributed by atoms with Crippen LogP contribution in [0.15, 0.2) is 41.2 Å². The first-order valence-corrected chi connectivity index (χ1v) is 7.02. The fourth-order valence-corrected chi connectivity index (χ4v) is 2.51. The molecule has 0 fully saturated rings. The van der Waals surface area contributed by atoms with Crippen LogP contribution in [0.5, 0.6) is 5.88 Å². The molecule has 0 saturated heterocycles. The van der Waals surface area contributed by atoms with E-state index in [0.717, 1.165) is 12.5 Å². The molecule has 0 saturated carbocycles. The Hall–Kier alpha value is -2.60. The molecule has 6 nitrogen and oxygen atoms in total. The number of benzene rings is 1. The number of hydrogen-bond acceptors (Lipinski definition) is 4. The summed E-state index contributed by atoms with van der Waals surface area (Å²) in [7, 11) is 0. The number of aromatic amines is 1. The first-order chi connectivity index (χ1) is 10.6. The third-order valence-corrected chi connectivity index (χ3v) is 3.62. The van der Waals surface area contributed by atoms with Crippen LogP contribution in [-0.2, 0) is 17.8 Å². The maximum atomic E-state index is 12.0. The molecule has 3 rings (SSSR count). The van der Waals surface area contributed by atoms with Gasteiger partial charge in [0.05, 0.1) is 18.3 Å². The third kappa shape index (κ3) is 3.17. The lowest BCUT2D eigenvalue weighted by atomic mass is 9.99. The molecule has 2 heterocycles. The number of carbonyl (C=O) groups excluding carboxylic acids is 1. The van der Waals surface area contributed by atoms with Gasteiger partial charge in [-0.25, -0.2) is 0 Å². The van der Waals surface area contributed by atoms with Crippen LogP contribution in [0.2, 0.25) is 0 Å². The third-order valence-electron chi connectivity index (χ3n) is 3.62. The Morgan fingerprint density at radius 3 is 2.86 bits per heavy atom. The van der Waals surface area contributed by atoms with E-state index in [1.165, 1.54) is 17.2 Å². The van der Waals surface area contributed by atoms with Gasteiger partial charge in [0.15, 0.2) is 5.88 Å². The summed E-state index contributed by atoms with van der Waals surface area (Å²) in [6, 6.07) is 10.4. The highest BCUT2D eigenvalue weighted by Crippen LogP contribution is 2.19. The molecule has 0 bridgehead atoms. The summed E-state index contributed by atoms with van der Waals surface area (Å²) < 4.78 is 5.71. The van der Waals surface area contributed by atoms with E-state index in [9.17, 15) is 14.7 Å². The number of hydrogen-bond donors (Lipinski definition) is 3. The van der Waals surface area contributed by atoms with E-state index in [1.807, 2.05) is 18.2 Å².